The fourth-order valence-electron chi connectivity index (χ4n) is 1.72. The highest BCUT2D eigenvalue weighted by atomic mass is 35.5. The van der Waals surface area contributed by atoms with Crippen molar-refractivity contribution in [1.82, 2.24) is 30.8 Å². The molecule has 0 unspecified atom stereocenters. The molecule has 8 nitrogen and oxygen atoms in total. The minimum absolute atomic E-state index is 0.213. The summed E-state index contributed by atoms with van der Waals surface area (Å²) in [6.07, 6.45) is 1.49. The van der Waals surface area contributed by atoms with E-state index in [0.29, 0.717) is 5.15 Å². The van der Waals surface area contributed by atoms with Gasteiger partial charge in [0.05, 0.1) is 16.6 Å². The number of halogens is 1. The zero-order chi connectivity index (χ0) is 13.9. The molecule has 1 aromatic carbocycles. The van der Waals surface area contributed by atoms with E-state index in [0.717, 1.165) is 16.6 Å². The number of tetrazole rings is 1. The minimum Gasteiger partial charge on any atom is -0.360 e. The Morgan fingerprint density at radius 1 is 1.40 bits per heavy atom. The first kappa shape index (κ1) is 12.1. The number of hydrogen-bond donors (Lipinski definition) is 3. The van der Waals surface area contributed by atoms with Gasteiger partial charge in [0.2, 0.25) is 5.82 Å². The SMILES string of the molecule is N#CC(=CNc1cccc2n[nH]c(Cl)c12)c1nn[nH]n1. The molecule has 0 aliphatic carbocycles. The van der Waals surface area contributed by atoms with E-state index in [9.17, 15) is 0 Å². The molecule has 0 fully saturated rings. The summed E-state index contributed by atoms with van der Waals surface area (Å²) in [4.78, 5) is 0. The number of nitrogens with zero attached hydrogens (tertiary/aromatic N) is 5. The highest BCUT2D eigenvalue weighted by Crippen LogP contribution is 2.28. The maximum atomic E-state index is 9.08. The van der Waals surface area contributed by atoms with Gasteiger partial charge in [0, 0.05) is 6.20 Å². The lowest BCUT2D eigenvalue weighted by Crippen LogP contribution is -1.93. The van der Waals surface area contributed by atoms with Crippen LogP contribution in [0, 0.1) is 11.3 Å². The molecule has 0 saturated heterocycles. The third kappa shape index (κ3) is 2.06. The Balaban J connectivity index is 1.98. The predicted octanol–water partition coefficient (Wildman–Crippen LogP) is 1.71. The number of nitriles is 1. The maximum absolute atomic E-state index is 9.08. The summed E-state index contributed by atoms with van der Waals surface area (Å²) >= 11 is 6.04. The molecule has 0 saturated carbocycles. The van der Waals surface area contributed by atoms with Crippen molar-refractivity contribution in [2.75, 3.05) is 5.32 Å². The molecule has 3 aromatic rings. The van der Waals surface area contributed by atoms with E-state index >= 15 is 0 Å². The van der Waals surface area contributed by atoms with E-state index in [1.807, 2.05) is 24.3 Å². The van der Waals surface area contributed by atoms with Crippen LogP contribution in [0.1, 0.15) is 5.82 Å². The van der Waals surface area contributed by atoms with Crippen molar-refractivity contribution >= 4 is 33.8 Å². The highest BCUT2D eigenvalue weighted by Gasteiger charge is 2.09. The molecule has 0 spiro atoms. The smallest absolute Gasteiger partial charge is 0.216 e. The van der Waals surface area contributed by atoms with Crippen LogP contribution in [0.25, 0.3) is 16.5 Å². The average molecular weight is 287 g/mol. The van der Waals surface area contributed by atoms with Crippen molar-refractivity contribution in [2.45, 2.75) is 0 Å². The molecule has 0 radical (unpaired) electrons. The Hall–Kier alpha value is -2.92. The lowest BCUT2D eigenvalue weighted by atomic mass is 10.2. The molecule has 9 heteroatoms. The van der Waals surface area contributed by atoms with Gasteiger partial charge in [0.25, 0.3) is 0 Å². The largest absolute Gasteiger partial charge is 0.360 e. The summed E-state index contributed by atoms with van der Waals surface area (Å²) in [6.45, 7) is 0. The Kier molecular flexibility index (Phi) is 3.02. The van der Waals surface area contributed by atoms with Crippen molar-refractivity contribution in [3.05, 3.63) is 35.4 Å². The predicted molar refractivity (Wildman–Crippen MR) is 72.5 cm³/mol. The topological polar surface area (TPSA) is 119 Å². The van der Waals surface area contributed by atoms with Crippen molar-refractivity contribution in [1.29, 1.82) is 5.26 Å². The van der Waals surface area contributed by atoms with Crippen molar-refractivity contribution in [2.24, 2.45) is 0 Å². The normalized spacial score (nSPS) is 11.5. The van der Waals surface area contributed by atoms with Crippen LogP contribution in [0.15, 0.2) is 24.4 Å². The molecule has 2 heterocycles. The van der Waals surface area contributed by atoms with Gasteiger partial charge in [-0.05, 0) is 17.3 Å². The first-order valence-electron chi connectivity index (χ1n) is 5.53. The van der Waals surface area contributed by atoms with Crippen LogP contribution in [0.3, 0.4) is 0 Å². The highest BCUT2D eigenvalue weighted by molar-refractivity contribution is 6.35. The lowest BCUT2D eigenvalue weighted by molar-refractivity contribution is 0.881. The van der Waals surface area contributed by atoms with E-state index in [-0.39, 0.29) is 11.4 Å². The molecule has 0 aliphatic heterocycles. The van der Waals surface area contributed by atoms with E-state index in [1.54, 1.807) is 0 Å². The summed E-state index contributed by atoms with van der Waals surface area (Å²) in [5.41, 5.74) is 1.69. The number of allylic oxidation sites excluding steroid dienone is 1. The third-order valence-electron chi connectivity index (χ3n) is 2.62. The van der Waals surface area contributed by atoms with Crippen LogP contribution in [-0.2, 0) is 0 Å². The zero-order valence-electron chi connectivity index (χ0n) is 9.92. The fourth-order valence-corrected chi connectivity index (χ4v) is 1.96. The molecule has 0 amide bonds. The number of anilines is 1. The van der Waals surface area contributed by atoms with Crippen molar-refractivity contribution in [3.8, 4) is 6.07 Å². The summed E-state index contributed by atoms with van der Waals surface area (Å²) in [5, 5.41) is 33.2. The van der Waals surface area contributed by atoms with Gasteiger partial charge in [-0.25, -0.2) is 0 Å². The van der Waals surface area contributed by atoms with Gasteiger partial charge in [-0.15, -0.1) is 10.2 Å². The number of fused-ring (bicyclic) bond motifs is 1. The van der Waals surface area contributed by atoms with Crippen LogP contribution >= 0.6 is 11.6 Å². The second-order valence-electron chi connectivity index (χ2n) is 3.79. The number of aromatic amines is 2. The zero-order valence-corrected chi connectivity index (χ0v) is 10.7. The molecular weight excluding hydrogens is 280 g/mol. The molecule has 3 rings (SSSR count). The Morgan fingerprint density at radius 3 is 3.05 bits per heavy atom. The molecule has 2 aromatic heterocycles. The van der Waals surface area contributed by atoms with Gasteiger partial charge < -0.3 is 5.32 Å². The quantitative estimate of drug-likeness (QED) is 0.631. The van der Waals surface area contributed by atoms with Crippen LogP contribution in [0.5, 0.6) is 0 Å². The molecular formula is C11H7ClN8. The Morgan fingerprint density at radius 2 is 2.30 bits per heavy atom. The van der Waals surface area contributed by atoms with Gasteiger partial charge in [-0.1, -0.05) is 17.7 Å². The lowest BCUT2D eigenvalue weighted by Gasteiger charge is -2.02. The summed E-state index contributed by atoms with van der Waals surface area (Å²) < 4.78 is 0. The van der Waals surface area contributed by atoms with Crippen molar-refractivity contribution < 1.29 is 0 Å². The van der Waals surface area contributed by atoms with Crippen LogP contribution in [0.4, 0.5) is 5.69 Å². The molecule has 0 aliphatic rings. The fraction of sp³-hybridized carbons (Fsp3) is 0. The second-order valence-corrected chi connectivity index (χ2v) is 4.16. The number of H-pyrrole nitrogens is 2. The summed E-state index contributed by atoms with van der Waals surface area (Å²) in [7, 11) is 0. The molecule has 3 N–H and O–H groups in total. The second kappa shape index (κ2) is 4.99. The average Bonchev–Trinajstić information content (AvgIpc) is 3.11. The molecule has 0 bridgehead atoms. The van der Waals surface area contributed by atoms with E-state index in [2.05, 4.69) is 36.1 Å². The number of nitrogens with one attached hydrogen (secondary N) is 3. The van der Waals surface area contributed by atoms with E-state index < -0.39 is 0 Å². The number of benzene rings is 1. The number of aromatic nitrogens is 6. The van der Waals surface area contributed by atoms with Gasteiger partial charge >= 0.3 is 0 Å². The van der Waals surface area contributed by atoms with Gasteiger partial charge in [-0.2, -0.15) is 15.6 Å². The third-order valence-corrected chi connectivity index (χ3v) is 2.89. The van der Waals surface area contributed by atoms with Gasteiger partial charge in [-0.3, -0.25) is 5.10 Å². The first-order chi connectivity index (χ1) is 9.79. The molecule has 0 atom stereocenters. The summed E-state index contributed by atoms with van der Waals surface area (Å²) in [5.74, 6) is 0.213. The summed E-state index contributed by atoms with van der Waals surface area (Å²) in [6, 6.07) is 7.47. The van der Waals surface area contributed by atoms with Gasteiger partial charge in [0.1, 0.15) is 16.8 Å². The number of hydrogen-bond acceptors (Lipinski definition) is 6. The van der Waals surface area contributed by atoms with Crippen molar-refractivity contribution in [3.63, 3.8) is 0 Å². The van der Waals surface area contributed by atoms with E-state index in [1.165, 1.54) is 6.20 Å². The van der Waals surface area contributed by atoms with Crippen LogP contribution < -0.4 is 5.32 Å². The first-order valence-corrected chi connectivity index (χ1v) is 5.90. The van der Waals surface area contributed by atoms with E-state index in [4.69, 9.17) is 16.9 Å². The minimum atomic E-state index is 0.213. The van der Waals surface area contributed by atoms with Gasteiger partial charge in [0.15, 0.2) is 0 Å². The Labute approximate surface area is 117 Å². The Bertz CT molecular complexity index is 811. The standard InChI is InChI=1S/C11H7ClN8/c12-10-9-7(2-1-3-8(9)15-16-10)14-5-6(4-13)11-17-19-20-18-11/h1-3,5,14H,(H,15,16)(H,17,18,19,20). The maximum Gasteiger partial charge on any atom is 0.216 e. The molecule has 20 heavy (non-hydrogen) atoms. The molecule has 98 valence electrons. The van der Waals surface area contributed by atoms with Crippen LogP contribution in [0.2, 0.25) is 5.15 Å². The van der Waals surface area contributed by atoms with Crippen LogP contribution in [-0.4, -0.2) is 30.8 Å². The number of rotatable bonds is 3. The monoisotopic (exact) mass is 286 g/mol.